The summed E-state index contributed by atoms with van der Waals surface area (Å²) >= 11 is 0. The number of hydrogen-bond donors (Lipinski definition) is 32. The quantitative estimate of drug-likeness (QED) is 0.0507. The van der Waals surface area contributed by atoms with Gasteiger partial charge in [0, 0.05) is 18.4 Å². The number of rotatable bonds is 21. The van der Waals surface area contributed by atoms with Crippen LogP contribution in [0.1, 0.15) is 6.42 Å². The predicted octanol–water partition coefficient (Wildman–Crippen LogP) is -20.5. The highest BCUT2D eigenvalue weighted by atomic mass is 16.7. The van der Waals surface area contributed by atoms with Crippen molar-refractivity contribution in [3.8, 4) is 0 Å². The summed E-state index contributed by atoms with van der Waals surface area (Å²) in [6.45, 7) is -6.27. The zero-order chi connectivity index (χ0) is 72.1. The third-order valence-corrected chi connectivity index (χ3v) is 17.8. The summed E-state index contributed by atoms with van der Waals surface area (Å²) in [4.78, 5) is 0. The Balaban J connectivity index is 0.000000232. The summed E-state index contributed by atoms with van der Waals surface area (Å²) in [5.74, 6) is -1.18. The van der Waals surface area contributed by atoms with Crippen LogP contribution in [0.15, 0.2) is 0 Å². The van der Waals surface area contributed by atoms with E-state index in [4.69, 9.17) is 77.6 Å². The summed E-state index contributed by atoms with van der Waals surface area (Å²) < 4.78 is 57.1. The summed E-state index contributed by atoms with van der Waals surface area (Å²) in [6.07, 6.45) is -51.8. The second-order valence-corrected chi connectivity index (χ2v) is 24.2. The first-order valence-electron chi connectivity index (χ1n) is 30.5. The molecular formula is C53H98O43. The Bertz CT molecular complexity index is 2050. The van der Waals surface area contributed by atoms with Gasteiger partial charge in [0.05, 0.1) is 91.5 Å². The van der Waals surface area contributed by atoms with E-state index in [0.29, 0.717) is 0 Å². The van der Waals surface area contributed by atoms with Gasteiger partial charge in [-0.25, -0.2) is 0 Å². The molecule has 7 saturated heterocycles. The Hall–Kier alpha value is -1.72. The van der Waals surface area contributed by atoms with Crippen LogP contribution < -0.4 is 0 Å². The van der Waals surface area contributed by atoms with Crippen LogP contribution in [0.5, 0.6) is 0 Å². The molecule has 32 N–H and O–H groups in total. The van der Waals surface area contributed by atoms with Gasteiger partial charge in [-0.2, -0.15) is 0 Å². The second kappa shape index (κ2) is 38.7. The van der Waals surface area contributed by atoms with Crippen molar-refractivity contribution in [3.63, 3.8) is 0 Å². The average molecular weight is 1420 g/mol. The van der Waals surface area contributed by atoms with Gasteiger partial charge in [0.2, 0.25) is 0 Å². The van der Waals surface area contributed by atoms with Crippen molar-refractivity contribution in [2.24, 2.45) is 11.8 Å². The maximum Gasteiger partial charge on any atom is 0.187 e. The van der Waals surface area contributed by atoms with Gasteiger partial charge in [0.15, 0.2) is 25.2 Å². The van der Waals surface area contributed by atoms with Gasteiger partial charge < -0.3 is 216 Å². The molecular weight excluding hydrogens is 1320 g/mol. The predicted molar refractivity (Wildman–Crippen MR) is 297 cm³/mol. The number of aliphatic hydroxyl groups is 32. The van der Waals surface area contributed by atoms with Crippen molar-refractivity contribution < 1.29 is 216 Å². The Morgan fingerprint density at radius 3 is 0.948 bits per heavy atom. The SMILES string of the molecule is OCC1C[C@H](COC[C@]2(CO)O[C@H](CO)C(O)[C@H]2O)C(O)[C@H](O)[C@@H]1O.OCC1O[C@@H](O)C(O)[C@H](O)[C@@H]1O[C@@H]1OC(CO)[C@H](O)[C@@H](O)C1O.OCC1O[C@@H](O[C@@H]2C(CO)O[C@@H](O)C(O)[C@@H]2O)C(O)[C@H](O)[C@@H]1O.OCC1O[C@H](COC[C@H]2OC(CO)[C@@H](O)[C@@H](O)C2O)C(O)C(O)[C@@H]1O. The fraction of sp³-hybridized carbons (Fsp3) is 1.00. The lowest BCUT2D eigenvalue weighted by Gasteiger charge is -2.45. The molecule has 43 heteroatoms. The molecule has 1 saturated carbocycles. The minimum Gasteiger partial charge on any atom is -0.396 e. The van der Waals surface area contributed by atoms with Gasteiger partial charge in [0.25, 0.3) is 0 Å². The van der Waals surface area contributed by atoms with Crippen LogP contribution >= 0.6 is 0 Å². The maximum atomic E-state index is 10.1. The van der Waals surface area contributed by atoms with Crippen molar-refractivity contribution >= 4 is 0 Å². The first-order chi connectivity index (χ1) is 45.2. The minimum atomic E-state index is -1.74. The number of aliphatic hydroxyl groups excluding tert-OH is 32. The van der Waals surface area contributed by atoms with Gasteiger partial charge in [-0.05, 0) is 6.42 Å². The summed E-state index contributed by atoms with van der Waals surface area (Å²) in [5.41, 5.74) is -1.61. The van der Waals surface area contributed by atoms with E-state index in [0.717, 1.165) is 0 Å². The molecule has 8 fully saturated rings. The first-order valence-corrected chi connectivity index (χ1v) is 30.5. The molecule has 39 atom stereocenters. The third-order valence-electron chi connectivity index (χ3n) is 17.8. The third kappa shape index (κ3) is 19.8. The number of hydrogen-bond acceptors (Lipinski definition) is 43. The molecule has 8 aliphatic rings. The topological polar surface area (TPSA) is 749 Å². The van der Waals surface area contributed by atoms with E-state index in [1.54, 1.807) is 0 Å². The lowest BCUT2D eigenvalue weighted by atomic mass is 9.76. The van der Waals surface area contributed by atoms with Gasteiger partial charge in [-0.15, -0.1) is 0 Å². The molecule has 16 unspecified atom stereocenters. The highest BCUT2D eigenvalue weighted by molar-refractivity contribution is 5.03. The van der Waals surface area contributed by atoms with E-state index in [2.05, 4.69) is 0 Å². The molecule has 43 nitrogen and oxygen atoms in total. The fourth-order valence-electron chi connectivity index (χ4n) is 11.6. The van der Waals surface area contributed by atoms with E-state index in [1.165, 1.54) is 0 Å². The van der Waals surface area contributed by atoms with Crippen LogP contribution in [0.2, 0.25) is 0 Å². The van der Waals surface area contributed by atoms with Crippen molar-refractivity contribution in [2.75, 3.05) is 85.9 Å². The van der Waals surface area contributed by atoms with Gasteiger partial charge in [0.1, 0.15) is 189 Å². The highest BCUT2D eigenvalue weighted by Gasteiger charge is 2.56. The van der Waals surface area contributed by atoms with E-state index in [-0.39, 0.29) is 39.5 Å². The van der Waals surface area contributed by atoms with Gasteiger partial charge in [-0.1, -0.05) is 0 Å². The standard InChI is InChI=1S/C15H28O10.C14H26O11.2C12H22O11/c16-2-7-1-8(11(20)13(22)10(7)19)4-24-6-15(5-18)14(23)12(21)9(3-17)25-15;15-1-5-9(17)13(21)11(19)7(24-5)3-23-4-8-12(20)14(22)10(18)6(2-16)25-8;2*13-1-3-5(15)6(16)9(19)12(22-3)23-10-4(2-14)21-11(20)8(18)7(10)17/h7-14,16-23H,1-6H2;5-22H,1-4H2;2*3-20H,1-2H2/t7?,8-,9-,10-,11?,12?,13-,14-,15+;5?,6?,7-,8-,9-,10-,11?,12?,13-,14?;3?,4?,5-,6+,7-,8?,9?,10+,11+,12-;3?,4?,5-,6-,7+,8?,9?,10-,11-,12+/m1101/s1. The minimum absolute atomic E-state index is 0.0842. The van der Waals surface area contributed by atoms with Crippen LogP contribution in [0, 0.1) is 11.8 Å². The van der Waals surface area contributed by atoms with Crippen molar-refractivity contribution in [1.29, 1.82) is 0 Å². The van der Waals surface area contributed by atoms with E-state index >= 15 is 0 Å². The molecule has 0 amide bonds. The Kier molecular flexibility index (Phi) is 34.2. The maximum absolute atomic E-state index is 10.1. The van der Waals surface area contributed by atoms with Crippen LogP contribution in [-0.4, -0.2) is 475 Å². The molecule has 96 heavy (non-hydrogen) atoms. The lowest BCUT2D eigenvalue weighted by molar-refractivity contribution is -0.355. The summed E-state index contributed by atoms with van der Waals surface area (Å²) in [7, 11) is 0. The van der Waals surface area contributed by atoms with E-state index in [9.17, 15) is 138 Å². The van der Waals surface area contributed by atoms with Crippen LogP contribution in [0.3, 0.4) is 0 Å². The molecule has 0 aromatic rings. The second-order valence-electron chi connectivity index (χ2n) is 24.2. The largest absolute Gasteiger partial charge is 0.396 e. The van der Waals surface area contributed by atoms with Crippen molar-refractivity contribution in [3.05, 3.63) is 0 Å². The monoisotopic (exact) mass is 1420 g/mol. The smallest absolute Gasteiger partial charge is 0.187 e. The van der Waals surface area contributed by atoms with Crippen molar-refractivity contribution in [1.82, 2.24) is 0 Å². The average Bonchev–Trinajstić information content (AvgIpc) is 1.47. The molecule has 0 aromatic heterocycles. The molecule has 7 aliphatic heterocycles. The Morgan fingerprint density at radius 1 is 0.271 bits per heavy atom. The van der Waals surface area contributed by atoms with Crippen molar-refractivity contribution in [2.45, 2.75) is 233 Å². The molecule has 1 aliphatic carbocycles. The molecule has 568 valence electrons. The molecule has 0 spiro atoms. The van der Waals surface area contributed by atoms with Gasteiger partial charge in [-0.3, -0.25) is 0 Å². The zero-order valence-corrected chi connectivity index (χ0v) is 51.1. The first kappa shape index (κ1) is 84.9. The molecule has 0 radical (unpaired) electrons. The van der Waals surface area contributed by atoms with Gasteiger partial charge >= 0.3 is 0 Å². The molecule has 0 aromatic carbocycles. The van der Waals surface area contributed by atoms with E-state index in [1.807, 2.05) is 0 Å². The molecule has 0 bridgehead atoms. The molecule has 7 heterocycles. The van der Waals surface area contributed by atoms with Crippen LogP contribution in [0.4, 0.5) is 0 Å². The fourth-order valence-corrected chi connectivity index (χ4v) is 11.6. The Morgan fingerprint density at radius 2 is 0.604 bits per heavy atom. The zero-order valence-electron chi connectivity index (χ0n) is 51.1. The van der Waals surface area contributed by atoms with Crippen LogP contribution in [0.25, 0.3) is 0 Å². The van der Waals surface area contributed by atoms with Crippen LogP contribution in [-0.2, 0) is 52.1 Å². The summed E-state index contributed by atoms with van der Waals surface area (Å²) in [6, 6.07) is 0. The highest BCUT2D eigenvalue weighted by Crippen LogP contribution is 2.36. The van der Waals surface area contributed by atoms with E-state index < -0.39 is 291 Å². The Labute approximate surface area is 544 Å². The normalized spacial score (nSPS) is 49.9. The lowest BCUT2D eigenvalue weighted by Crippen LogP contribution is -2.64. The summed E-state index contributed by atoms with van der Waals surface area (Å²) in [5, 5.41) is 307. The number of ether oxygens (including phenoxy) is 11. The molecule has 8 rings (SSSR count).